The van der Waals surface area contributed by atoms with E-state index in [9.17, 15) is 28.2 Å². The smallest absolute Gasteiger partial charge is 0.339 e. The zero-order valence-electron chi connectivity index (χ0n) is 16.4. The van der Waals surface area contributed by atoms with Crippen molar-refractivity contribution in [1.29, 1.82) is 0 Å². The van der Waals surface area contributed by atoms with Crippen molar-refractivity contribution < 1.29 is 33.0 Å². The summed E-state index contributed by atoms with van der Waals surface area (Å²) in [5.41, 5.74) is 3.52. The van der Waals surface area contributed by atoms with Crippen LogP contribution in [-0.2, 0) is 26.2 Å². The van der Waals surface area contributed by atoms with Crippen LogP contribution in [0, 0.1) is 0 Å². The molecule has 3 heterocycles. The molecule has 0 saturated carbocycles. The van der Waals surface area contributed by atoms with Crippen LogP contribution in [-0.4, -0.2) is 88.0 Å². The number of ether oxygens (including phenoxy) is 1. The Balaban J connectivity index is 1.64. The summed E-state index contributed by atoms with van der Waals surface area (Å²) >= 11 is 0. The summed E-state index contributed by atoms with van der Waals surface area (Å²) in [4.78, 5) is 28.0. The van der Waals surface area contributed by atoms with Gasteiger partial charge in [-0.2, -0.15) is 0 Å². The molecule has 0 radical (unpaired) electrons. The number of rotatable bonds is 6. The molecule has 0 bridgehead atoms. The second kappa shape index (κ2) is 8.84. The van der Waals surface area contributed by atoms with E-state index in [2.05, 4.69) is 4.98 Å². The third-order valence-electron chi connectivity index (χ3n) is 5.66. The number of carbonyl (C=O) groups is 2. The molecule has 0 spiro atoms. The fourth-order valence-electron chi connectivity index (χ4n) is 3.90. The highest BCUT2D eigenvalue weighted by Gasteiger charge is 2.56. The zero-order valence-corrected chi connectivity index (χ0v) is 17.2. The number of primary amides is 1. The molecule has 2 amide bonds. The average molecular weight is 442 g/mol. The molecule has 2 saturated heterocycles. The minimum absolute atomic E-state index is 0.0413. The number of carboxylic acid groups (broad SMARTS) is 1. The molecule has 2 fully saturated rings. The van der Waals surface area contributed by atoms with Crippen LogP contribution < -0.4 is 5.73 Å². The number of pyridine rings is 1. The van der Waals surface area contributed by atoms with Gasteiger partial charge < -0.3 is 25.6 Å². The average Bonchev–Trinajstić information content (AvgIpc) is 2.73. The Morgan fingerprint density at radius 3 is 2.40 bits per heavy atom. The Labute approximate surface area is 174 Å². The van der Waals surface area contributed by atoms with Gasteiger partial charge in [0.2, 0.25) is 10.0 Å². The van der Waals surface area contributed by atoms with Crippen molar-refractivity contribution in [3.05, 3.63) is 30.1 Å². The number of likely N-dealkylation sites (tertiary alicyclic amines) is 1. The van der Waals surface area contributed by atoms with Crippen molar-refractivity contribution in [2.75, 3.05) is 26.2 Å². The first-order valence-corrected chi connectivity index (χ1v) is 11.1. The highest BCUT2D eigenvalue weighted by molar-refractivity contribution is 7.89. The quantitative estimate of drug-likeness (QED) is 0.524. The lowest BCUT2D eigenvalue weighted by atomic mass is 9.92. The van der Waals surface area contributed by atoms with Gasteiger partial charge >= 0.3 is 12.0 Å². The summed E-state index contributed by atoms with van der Waals surface area (Å²) in [6, 6.07) is 2.77. The zero-order chi connectivity index (χ0) is 21.9. The summed E-state index contributed by atoms with van der Waals surface area (Å²) in [5, 5.41) is 18.6. The van der Waals surface area contributed by atoms with Gasteiger partial charge in [0, 0.05) is 32.0 Å². The summed E-state index contributed by atoms with van der Waals surface area (Å²) in [6.07, 6.45) is 3.90. The number of sulfonamides is 1. The second-order valence-electron chi connectivity index (χ2n) is 7.58. The van der Waals surface area contributed by atoms with E-state index in [1.807, 2.05) is 12.1 Å². The van der Waals surface area contributed by atoms with Gasteiger partial charge in [-0.1, -0.05) is 0 Å². The SMILES string of the molecule is NC(=O)N1CCC(S(=O)(=O)N2CCC(OCc3ccncc3)CC2)C(O)(C(=O)O)C1. The van der Waals surface area contributed by atoms with Crippen LogP contribution in [0.2, 0.25) is 0 Å². The van der Waals surface area contributed by atoms with E-state index in [0.29, 0.717) is 19.4 Å². The second-order valence-corrected chi connectivity index (χ2v) is 9.69. The molecule has 0 aliphatic carbocycles. The van der Waals surface area contributed by atoms with Crippen LogP contribution in [0.5, 0.6) is 0 Å². The van der Waals surface area contributed by atoms with E-state index < -0.39 is 39.4 Å². The van der Waals surface area contributed by atoms with E-state index in [1.54, 1.807) is 12.4 Å². The molecule has 2 aliphatic heterocycles. The normalized spacial score (nSPS) is 26.4. The standard InChI is InChI=1S/C18H26N4O7S/c19-17(25)21-8-5-15(18(26,12-21)16(23)24)30(27,28)22-9-3-14(4-10-22)29-11-13-1-6-20-7-2-13/h1-2,6-7,14-15,26H,3-5,8-12H2,(H2,19,25)(H,23,24). The van der Waals surface area contributed by atoms with E-state index in [-0.39, 0.29) is 32.2 Å². The first-order chi connectivity index (χ1) is 14.1. The van der Waals surface area contributed by atoms with Crippen molar-refractivity contribution in [2.24, 2.45) is 5.73 Å². The lowest BCUT2D eigenvalue weighted by molar-refractivity contribution is -0.162. The predicted octanol–water partition coefficient (Wildman–Crippen LogP) is -0.639. The van der Waals surface area contributed by atoms with Gasteiger partial charge in [-0.3, -0.25) is 4.98 Å². The summed E-state index contributed by atoms with van der Waals surface area (Å²) in [5.74, 6) is -1.70. The van der Waals surface area contributed by atoms with E-state index in [4.69, 9.17) is 10.5 Å². The van der Waals surface area contributed by atoms with Crippen molar-refractivity contribution >= 4 is 22.0 Å². The van der Waals surface area contributed by atoms with Crippen LogP contribution in [0.15, 0.2) is 24.5 Å². The molecule has 166 valence electrons. The van der Waals surface area contributed by atoms with Gasteiger partial charge in [0.1, 0.15) is 5.25 Å². The fourth-order valence-corrected chi connectivity index (χ4v) is 6.05. The number of aromatic nitrogens is 1. The molecule has 30 heavy (non-hydrogen) atoms. The maximum absolute atomic E-state index is 13.1. The maximum Gasteiger partial charge on any atom is 0.339 e. The topological polar surface area (TPSA) is 163 Å². The third kappa shape index (κ3) is 4.56. The number of nitrogens with zero attached hydrogens (tertiary/aromatic N) is 3. The number of piperidine rings is 2. The minimum atomic E-state index is -4.12. The van der Waals surface area contributed by atoms with Gasteiger partial charge in [0.25, 0.3) is 0 Å². The number of amides is 2. The highest BCUT2D eigenvalue weighted by atomic mass is 32.2. The molecular formula is C18H26N4O7S. The Hall–Kier alpha value is -2.28. The van der Waals surface area contributed by atoms with Crippen LogP contribution in [0.1, 0.15) is 24.8 Å². The lowest BCUT2D eigenvalue weighted by Gasteiger charge is -2.43. The highest BCUT2D eigenvalue weighted by Crippen LogP contribution is 2.32. The Bertz CT molecular complexity index is 874. The van der Waals surface area contributed by atoms with Gasteiger partial charge in [-0.05, 0) is 37.0 Å². The monoisotopic (exact) mass is 442 g/mol. The molecule has 4 N–H and O–H groups in total. The summed E-state index contributed by atoms with van der Waals surface area (Å²) < 4.78 is 33.3. The Morgan fingerprint density at radius 2 is 1.83 bits per heavy atom. The van der Waals surface area contributed by atoms with E-state index in [0.717, 1.165) is 10.5 Å². The van der Waals surface area contributed by atoms with Crippen LogP contribution in [0.25, 0.3) is 0 Å². The Morgan fingerprint density at radius 1 is 1.20 bits per heavy atom. The van der Waals surface area contributed by atoms with Crippen LogP contribution in [0.4, 0.5) is 4.79 Å². The van der Waals surface area contributed by atoms with Gasteiger partial charge in [-0.25, -0.2) is 22.3 Å². The number of urea groups is 1. The number of hydrogen-bond acceptors (Lipinski definition) is 7. The molecule has 1 aromatic heterocycles. The minimum Gasteiger partial charge on any atom is -0.479 e. The molecule has 2 unspecified atom stereocenters. The van der Waals surface area contributed by atoms with Crippen LogP contribution >= 0.6 is 0 Å². The van der Waals surface area contributed by atoms with Crippen LogP contribution in [0.3, 0.4) is 0 Å². The maximum atomic E-state index is 13.1. The number of hydrogen-bond donors (Lipinski definition) is 3. The fraction of sp³-hybridized carbons (Fsp3) is 0.611. The number of carboxylic acids is 1. The summed E-state index contributed by atoms with van der Waals surface area (Å²) in [7, 11) is -4.12. The number of nitrogens with two attached hydrogens (primary N) is 1. The van der Waals surface area contributed by atoms with Gasteiger partial charge in [-0.15, -0.1) is 0 Å². The molecule has 1 aromatic rings. The first-order valence-electron chi connectivity index (χ1n) is 9.64. The molecule has 2 atom stereocenters. The number of aliphatic hydroxyl groups is 1. The predicted molar refractivity (Wildman–Crippen MR) is 105 cm³/mol. The Kier molecular flexibility index (Phi) is 6.60. The van der Waals surface area contributed by atoms with Crippen molar-refractivity contribution in [3.63, 3.8) is 0 Å². The number of carbonyl (C=O) groups excluding carboxylic acids is 1. The first kappa shape index (κ1) is 22.4. The molecule has 2 aliphatic rings. The molecule has 11 nitrogen and oxygen atoms in total. The number of β-amino-alcohol motifs (C(OH)–C–C–N with tert-alkyl or cyclic N) is 1. The summed E-state index contributed by atoms with van der Waals surface area (Å²) in [6.45, 7) is 0.00182. The van der Waals surface area contributed by atoms with Crippen molar-refractivity contribution in [2.45, 2.75) is 42.8 Å². The van der Waals surface area contributed by atoms with E-state index in [1.165, 1.54) is 4.31 Å². The molecule has 0 aromatic carbocycles. The van der Waals surface area contributed by atoms with Gasteiger partial charge in [0.05, 0.1) is 19.3 Å². The molecular weight excluding hydrogens is 416 g/mol. The van der Waals surface area contributed by atoms with E-state index >= 15 is 0 Å². The van der Waals surface area contributed by atoms with Gasteiger partial charge in [0.15, 0.2) is 5.60 Å². The number of aliphatic carboxylic acids is 1. The lowest BCUT2D eigenvalue weighted by Crippen LogP contribution is -2.67. The third-order valence-corrected chi connectivity index (χ3v) is 8.09. The molecule has 12 heteroatoms. The van der Waals surface area contributed by atoms with Crippen molar-refractivity contribution in [1.82, 2.24) is 14.2 Å². The molecule has 3 rings (SSSR count). The van der Waals surface area contributed by atoms with Crippen molar-refractivity contribution in [3.8, 4) is 0 Å². The largest absolute Gasteiger partial charge is 0.479 e.